The molecule has 0 saturated heterocycles. The topological polar surface area (TPSA) is 62.1 Å². The molecule has 3 rings (SSSR count). The summed E-state index contributed by atoms with van der Waals surface area (Å²) in [5.74, 6) is 2.10. The highest BCUT2D eigenvalue weighted by Crippen LogP contribution is 2.67. The van der Waals surface area contributed by atoms with Crippen LogP contribution in [0.3, 0.4) is 0 Å². The summed E-state index contributed by atoms with van der Waals surface area (Å²) >= 11 is 0. The standard InChI is InChI=1S/C32H56N2O3/c1-11-13-16-27-30(6,20-37-29(33-27)21(3)12-2)17-14-15-24-22(4)25(35)18-32(8)28(23(5)34(9)10)26(36)19-31(24,32)7/h11,13,21-24,26-28,36H,12,14-20H2,1-10H3/b13-11+/t21-,22+,23-,24+,26+,27-,28-,30+,31-,32+/m0/s1. The molecule has 2 aliphatic carbocycles. The van der Waals surface area contributed by atoms with E-state index in [0.717, 1.165) is 44.4 Å². The Labute approximate surface area is 227 Å². The fourth-order valence-corrected chi connectivity index (χ4v) is 8.23. The van der Waals surface area contributed by atoms with Crippen molar-refractivity contribution >= 4 is 11.7 Å². The molecule has 2 saturated carbocycles. The average Bonchev–Trinajstić information content (AvgIpc) is 3.04. The van der Waals surface area contributed by atoms with E-state index >= 15 is 0 Å². The van der Waals surface area contributed by atoms with Crippen LogP contribution in [0.1, 0.15) is 100 Å². The molecule has 1 N–H and O–H groups in total. The van der Waals surface area contributed by atoms with Crippen LogP contribution in [0.4, 0.5) is 0 Å². The molecular weight excluding hydrogens is 460 g/mol. The largest absolute Gasteiger partial charge is 0.480 e. The minimum Gasteiger partial charge on any atom is -0.480 e. The van der Waals surface area contributed by atoms with Crippen LogP contribution in [0.2, 0.25) is 0 Å². The Morgan fingerprint density at radius 3 is 2.49 bits per heavy atom. The molecule has 0 spiro atoms. The maximum atomic E-state index is 13.4. The number of ether oxygens (including phenoxy) is 1. The van der Waals surface area contributed by atoms with Gasteiger partial charge in [0.1, 0.15) is 5.78 Å². The van der Waals surface area contributed by atoms with Gasteiger partial charge in [-0.15, -0.1) is 0 Å². The van der Waals surface area contributed by atoms with Crippen LogP contribution < -0.4 is 0 Å². The predicted octanol–water partition coefficient (Wildman–Crippen LogP) is 6.54. The van der Waals surface area contributed by atoms with E-state index in [2.05, 4.69) is 86.5 Å². The summed E-state index contributed by atoms with van der Waals surface area (Å²) in [6.07, 6.45) is 10.5. The van der Waals surface area contributed by atoms with E-state index in [1.165, 1.54) is 0 Å². The number of nitrogens with zero attached hydrogens (tertiary/aromatic N) is 2. The van der Waals surface area contributed by atoms with Crippen LogP contribution >= 0.6 is 0 Å². The third-order valence-corrected chi connectivity index (χ3v) is 11.4. The molecule has 0 aromatic rings. The van der Waals surface area contributed by atoms with Crippen LogP contribution in [0.25, 0.3) is 0 Å². The fourth-order valence-electron chi connectivity index (χ4n) is 8.23. The van der Waals surface area contributed by atoms with Crippen molar-refractivity contribution < 1.29 is 14.6 Å². The fraction of sp³-hybridized carbons (Fsp3) is 0.875. The van der Waals surface area contributed by atoms with E-state index < -0.39 is 0 Å². The SMILES string of the molecule is C/C=C/C[C@@H]1N=C([C@@H](C)CC)OC[C@@]1(C)CCC[C@@H]1[C@@H](C)C(=O)C[C@]2(C)[C@@H]([C@H](C)N(C)C)[C@H](O)C[C@@]12C. The first-order chi connectivity index (χ1) is 17.3. The summed E-state index contributed by atoms with van der Waals surface area (Å²) in [5.41, 5.74) is -0.253. The Kier molecular flexibility index (Phi) is 9.43. The molecule has 37 heavy (non-hydrogen) atoms. The van der Waals surface area contributed by atoms with Crippen LogP contribution in [0.5, 0.6) is 0 Å². The second-order valence-electron chi connectivity index (χ2n) is 13.8. The number of Topliss-reactive ketones (excluding diaryl/α,β-unsaturated/α-hetero) is 1. The van der Waals surface area contributed by atoms with Crippen LogP contribution in [0.15, 0.2) is 17.1 Å². The lowest BCUT2D eigenvalue weighted by molar-refractivity contribution is -0.146. The summed E-state index contributed by atoms with van der Waals surface area (Å²) < 4.78 is 6.25. The maximum Gasteiger partial charge on any atom is 0.186 e. The molecule has 1 heterocycles. The zero-order chi connectivity index (χ0) is 27.8. The molecule has 5 nitrogen and oxygen atoms in total. The minimum absolute atomic E-state index is 0.0141. The lowest BCUT2D eigenvalue weighted by atomic mass is 9.48. The summed E-state index contributed by atoms with van der Waals surface area (Å²) in [4.78, 5) is 20.8. The van der Waals surface area contributed by atoms with Gasteiger partial charge in [0, 0.05) is 35.6 Å². The van der Waals surface area contributed by atoms with Gasteiger partial charge in [-0.05, 0) is 76.8 Å². The predicted molar refractivity (Wildman–Crippen MR) is 154 cm³/mol. The normalized spacial score (nSPS) is 42.0. The van der Waals surface area contributed by atoms with Crippen molar-refractivity contribution in [2.24, 2.45) is 44.9 Å². The lowest BCUT2D eigenvalue weighted by Crippen LogP contribution is -2.55. The van der Waals surface area contributed by atoms with Crippen molar-refractivity contribution in [3.8, 4) is 0 Å². The van der Waals surface area contributed by atoms with E-state index in [-0.39, 0.29) is 52.2 Å². The summed E-state index contributed by atoms with van der Waals surface area (Å²) in [7, 11) is 4.18. The van der Waals surface area contributed by atoms with E-state index in [9.17, 15) is 9.90 Å². The van der Waals surface area contributed by atoms with Gasteiger partial charge in [-0.2, -0.15) is 0 Å². The number of fused-ring (bicyclic) bond motifs is 1. The number of hydrogen-bond donors (Lipinski definition) is 1. The van der Waals surface area contributed by atoms with Crippen molar-refractivity contribution in [2.45, 2.75) is 119 Å². The molecule has 0 aromatic heterocycles. The number of hydrogen-bond acceptors (Lipinski definition) is 5. The number of aliphatic imine (C=N–C) groups is 1. The molecule has 0 amide bonds. The van der Waals surface area contributed by atoms with Crippen molar-refractivity contribution in [3.05, 3.63) is 12.2 Å². The zero-order valence-corrected chi connectivity index (χ0v) is 25.5. The highest BCUT2D eigenvalue weighted by atomic mass is 16.5. The first kappa shape index (κ1) is 30.3. The van der Waals surface area contributed by atoms with Gasteiger partial charge in [0.25, 0.3) is 0 Å². The first-order valence-electron chi connectivity index (χ1n) is 14.9. The maximum absolute atomic E-state index is 13.4. The summed E-state index contributed by atoms with van der Waals surface area (Å²) in [5, 5.41) is 11.4. The van der Waals surface area contributed by atoms with Gasteiger partial charge in [-0.25, -0.2) is 0 Å². The van der Waals surface area contributed by atoms with Crippen molar-refractivity contribution in [3.63, 3.8) is 0 Å². The Bertz CT molecular complexity index is 868. The van der Waals surface area contributed by atoms with Crippen LogP contribution in [-0.2, 0) is 9.53 Å². The Morgan fingerprint density at radius 1 is 1.22 bits per heavy atom. The Balaban J connectivity index is 1.81. The average molecular weight is 517 g/mol. The molecule has 5 heteroatoms. The number of aliphatic hydroxyl groups is 1. The Morgan fingerprint density at radius 2 is 1.89 bits per heavy atom. The number of aliphatic hydroxyl groups excluding tert-OH is 1. The monoisotopic (exact) mass is 516 g/mol. The van der Waals surface area contributed by atoms with Crippen molar-refractivity contribution in [1.29, 1.82) is 0 Å². The van der Waals surface area contributed by atoms with Crippen molar-refractivity contribution in [1.82, 2.24) is 4.90 Å². The summed E-state index contributed by atoms with van der Waals surface area (Å²) in [6, 6.07) is 0.457. The molecule has 0 unspecified atom stereocenters. The van der Waals surface area contributed by atoms with Gasteiger partial charge < -0.3 is 14.7 Å². The molecule has 10 atom stereocenters. The van der Waals surface area contributed by atoms with E-state index in [1.54, 1.807) is 0 Å². The highest BCUT2D eigenvalue weighted by molar-refractivity contribution is 5.83. The number of carbonyl (C=O) groups excluding carboxylic acids is 1. The minimum atomic E-state index is -0.365. The molecule has 212 valence electrons. The molecule has 2 fully saturated rings. The zero-order valence-electron chi connectivity index (χ0n) is 25.5. The smallest absolute Gasteiger partial charge is 0.186 e. The molecule has 1 aliphatic heterocycles. The third kappa shape index (κ3) is 5.46. The number of ketones is 1. The molecule has 3 aliphatic rings. The van der Waals surface area contributed by atoms with E-state index in [4.69, 9.17) is 9.73 Å². The summed E-state index contributed by atoms with van der Waals surface area (Å²) in [6.45, 7) is 18.6. The Hall–Kier alpha value is -1.20. The first-order valence-corrected chi connectivity index (χ1v) is 14.9. The molecule has 0 radical (unpaired) electrons. The third-order valence-electron chi connectivity index (χ3n) is 11.4. The van der Waals surface area contributed by atoms with Crippen molar-refractivity contribution in [2.75, 3.05) is 20.7 Å². The van der Waals surface area contributed by atoms with Gasteiger partial charge in [-0.1, -0.05) is 60.1 Å². The second-order valence-corrected chi connectivity index (χ2v) is 13.8. The highest BCUT2D eigenvalue weighted by Gasteiger charge is 2.66. The van der Waals surface area contributed by atoms with E-state index in [1.807, 2.05) is 0 Å². The number of carbonyl (C=O) groups is 1. The number of allylic oxidation sites excluding steroid dienone is 1. The molecular formula is C32H56N2O3. The van der Waals surface area contributed by atoms with Gasteiger partial charge in [0.2, 0.25) is 0 Å². The quantitative estimate of drug-likeness (QED) is 0.335. The second kappa shape index (κ2) is 11.5. The lowest BCUT2D eigenvalue weighted by Gasteiger charge is -2.56. The van der Waals surface area contributed by atoms with E-state index in [0.29, 0.717) is 24.7 Å². The molecule has 0 aromatic carbocycles. The van der Waals surface area contributed by atoms with Gasteiger partial charge in [0.15, 0.2) is 5.90 Å². The van der Waals surface area contributed by atoms with Crippen LogP contribution in [0, 0.1) is 39.9 Å². The van der Waals surface area contributed by atoms with Crippen LogP contribution in [-0.4, -0.2) is 60.6 Å². The number of rotatable bonds is 10. The van der Waals surface area contributed by atoms with Gasteiger partial charge in [-0.3, -0.25) is 9.79 Å². The van der Waals surface area contributed by atoms with Gasteiger partial charge >= 0.3 is 0 Å². The van der Waals surface area contributed by atoms with Gasteiger partial charge in [0.05, 0.1) is 18.8 Å². The molecule has 0 bridgehead atoms.